The minimum absolute atomic E-state index is 0.0473. The number of nitrogens with zero attached hydrogens (tertiary/aromatic N) is 3. The van der Waals surface area contributed by atoms with Gasteiger partial charge in [-0.3, -0.25) is 4.79 Å². The summed E-state index contributed by atoms with van der Waals surface area (Å²) in [5, 5.41) is 13.5. The summed E-state index contributed by atoms with van der Waals surface area (Å²) in [5.74, 6) is 0.277. The van der Waals surface area contributed by atoms with Gasteiger partial charge in [0.25, 0.3) is 5.91 Å². The van der Waals surface area contributed by atoms with E-state index in [1.54, 1.807) is 4.90 Å². The number of nitrogens with one attached hydrogen (secondary N) is 2. The molecule has 1 unspecified atom stereocenters. The Kier molecular flexibility index (Phi) is 6.31. The Morgan fingerprint density at radius 3 is 2.60 bits per heavy atom. The van der Waals surface area contributed by atoms with E-state index in [0.29, 0.717) is 50.4 Å². The van der Waals surface area contributed by atoms with E-state index in [2.05, 4.69) is 20.0 Å². The first-order valence-corrected chi connectivity index (χ1v) is 10.1. The molecule has 0 aromatic carbocycles. The van der Waals surface area contributed by atoms with Crippen LogP contribution in [0.3, 0.4) is 0 Å². The first-order chi connectivity index (χ1) is 11.7. The van der Waals surface area contributed by atoms with Crippen LogP contribution in [0.5, 0.6) is 0 Å². The van der Waals surface area contributed by atoms with Gasteiger partial charge >= 0.3 is 0 Å². The summed E-state index contributed by atoms with van der Waals surface area (Å²) < 4.78 is 24.8. The van der Waals surface area contributed by atoms with Gasteiger partial charge in [0.15, 0.2) is 0 Å². The molecule has 0 aliphatic carbocycles. The number of hydrogen-bond donors (Lipinski definition) is 3. The van der Waals surface area contributed by atoms with Crippen molar-refractivity contribution in [3.8, 4) is 0 Å². The third-order valence-corrected chi connectivity index (χ3v) is 4.77. The highest BCUT2D eigenvalue weighted by molar-refractivity contribution is 7.88. The van der Waals surface area contributed by atoms with E-state index < -0.39 is 15.6 Å². The van der Waals surface area contributed by atoms with Crippen LogP contribution in [0.25, 0.3) is 0 Å². The lowest BCUT2D eigenvalue weighted by atomic mass is 9.95. The van der Waals surface area contributed by atoms with Gasteiger partial charge in [-0.1, -0.05) is 0 Å². The molecule has 3 N–H and O–H groups in total. The van der Waals surface area contributed by atoms with Crippen LogP contribution in [0.1, 0.15) is 36.5 Å². The predicted molar refractivity (Wildman–Crippen MR) is 93.7 cm³/mol. The largest absolute Gasteiger partial charge is 0.388 e. The summed E-state index contributed by atoms with van der Waals surface area (Å²) in [6.07, 6.45) is 5.34. The molecule has 2 heterocycles. The second-order valence-electron chi connectivity index (χ2n) is 6.29. The molecule has 10 heteroatoms. The minimum atomic E-state index is -3.37. The van der Waals surface area contributed by atoms with E-state index in [-0.39, 0.29) is 12.5 Å². The molecule has 9 nitrogen and oxygen atoms in total. The first-order valence-electron chi connectivity index (χ1n) is 8.25. The summed E-state index contributed by atoms with van der Waals surface area (Å²) in [4.78, 5) is 22.4. The van der Waals surface area contributed by atoms with Crippen molar-refractivity contribution in [2.45, 2.75) is 31.8 Å². The van der Waals surface area contributed by atoms with Crippen molar-refractivity contribution >= 4 is 21.9 Å². The van der Waals surface area contributed by atoms with Crippen LogP contribution < -0.4 is 10.0 Å². The number of carbonyl (C=O) groups excluding carboxylic acids is 1. The highest BCUT2D eigenvalue weighted by atomic mass is 32.2. The molecular weight excluding hydrogens is 346 g/mol. The van der Waals surface area contributed by atoms with Crippen molar-refractivity contribution in [3.63, 3.8) is 0 Å². The predicted octanol–water partition coefficient (Wildman–Crippen LogP) is -0.185. The van der Waals surface area contributed by atoms with E-state index in [1.165, 1.54) is 12.4 Å². The summed E-state index contributed by atoms with van der Waals surface area (Å²) in [6, 6.07) is 0. The zero-order valence-corrected chi connectivity index (χ0v) is 15.3. The van der Waals surface area contributed by atoms with Gasteiger partial charge in [0.05, 0.1) is 17.4 Å². The molecule has 140 valence electrons. The van der Waals surface area contributed by atoms with Crippen LogP contribution in [0.4, 0.5) is 5.95 Å². The van der Waals surface area contributed by atoms with Gasteiger partial charge in [-0.25, -0.2) is 23.1 Å². The van der Waals surface area contributed by atoms with Crippen molar-refractivity contribution in [1.29, 1.82) is 0 Å². The molecule has 1 fully saturated rings. The third kappa shape index (κ3) is 5.91. The van der Waals surface area contributed by atoms with Crippen LogP contribution in [-0.2, 0) is 10.0 Å². The summed E-state index contributed by atoms with van der Waals surface area (Å²) in [6.45, 7) is 3.41. The molecule has 0 saturated carbocycles. The Labute approximate surface area is 147 Å². The van der Waals surface area contributed by atoms with E-state index in [9.17, 15) is 18.3 Å². The van der Waals surface area contributed by atoms with Crippen LogP contribution in [0, 0.1) is 0 Å². The molecule has 1 aromatic rings. The second-order valence-corrected chi connectivity index (χ2v) is 8.12. The maximum absolute atomic E-state index is 12.6. The van der Waals surface area contributed by atoms with Gasteiger partial charge in [0.2, 0.25) is 16.0 Å². The number of carbonyl (C=O) groups is 1. The highest BCUT2D eigenvalue weighted by Gasteiger charge is 2.32. The molecule has 1 aliphatic heterocycles. The van der Waals surface area contributed by atoms with Gasteiger partial charge in [0.1, 0.15) is 0 Å². The summed E-state index contributed by atoms with van der Waals surface area (Å²) in [7, 11) is -3.37. The number of sulfonamides is 1. The smallest absolute Gasteiger partial charge is 0.256 e. The van der Waals surface area contributed by atoms with Crippen molar-refractivity contribution in [2.75, 3.05) is 37.8 Å². The minimum Gasteiger partial charge on any atom is -0.388 e. The summed E-state index contributed by atoms with van der Waals surface area (Å²) in [5.41, 5.74) is -0.759. The Morgan fingerprint density at radius 2 is 2.00 bits per heavy atom. The van der Waals surface area contributed by atoms with E-state index in [0.717, 1.165) is 6.26 Å². The Morgan fingerprint density at radius 1 is 1.32 bits per heavy atom. The van der Waals surface area contributed by atoms with Crippen molar-refractivity contribution in [1.82, 2.24) is 19.6 Å². The molecular formula is C15H25N5O4S. The van der Waals surface area contributed by atoms with Gasteiger partial charge in [0, 0.05) is 38.6 Å². The van der Waals surface area contributed by atoms with Gasteiger partial charge in [-0.05, 0) is 26.2 Å². The van der Waals surface area contributed by atoms with E-state index in [1.807, 2.05) is 6.92 Å². The molecule has 0 radical (unpaired) electrons. The van der Waals surface area contributed by atoms with Crippen molar-refractivity contribution < 1.29 is 18.3 Å². The van der Waals surface area contributed by atoms with Crippen LogP contribution in [0.2, 0.25) is 0 Å². The molecule has 2 rings (SSSR count). The lowest BCUT2D eigenvalue weighted by Gasteiger charge is -2.26. The number of aromatic nitrogens is 2. The lowest BCUT2D eigenvalue weighted by molar-refractivity contribution is 0.0305. The number of hydrogen-bond acceptors (Lipinski definition) is 7. The van der Waals surface area contributed by atoms with Gasteiger partial charge in [-0.15, -0.1) is 0 Å². The maximum atomic E-state index is 12.6. The molecule has 1 aromatic heterocycles. The number of anilines is 1. The molecule has 1 saturated heterocycles. The Bertz CT molecular complexity index is 694. The standard InChI is InChI=1S/C15H25N5O4S/c1-3-16-14-17-9-12(10-18-14)13(21)20-7-4-5-15(22,6-8-20)11-19-25(2,23)24/h9-10,19,22H,3-8,11H2,1-2H3,(H,16,17,18). The first kappa shape index (κ1) is 19.5. The van der Waals surface area contributed by atoms with Crippen LogP contribution in [0.15, 0.2) is 12.4 Å². The zero-order chi connectivity index (χ0) is 18.5. The van der Waals surface area contributed by atoms with Crippen molar-refractivity contribution in [3.05, 3.63) is 18.0 Å². The molecule has 1 amide bonds. The topological polar surface area (TPSA) is 125 Å². The normalized spacial score (nSPS) is 21.6. The fraction of sp³-hybridized carbons (Fsp3) is 0.667. The Hall–Kier alpha value is -1.78. The van der Waals surface area contributed by atoms with Gasteiger partial charge < -0.3 is 15.3 Å². The second kappa shape index (κ2) is 8.07. The fourth-order valence-electron chi connectivity index (χ4n) is 2.69. The van der Waals surface area contributed by atoms with Gasteiger partial charge in [-0.2, -0.15) is 0 Å². The quantitative estimate of drug-likeness (QED) is 0.633. The average Bonchev–Trinajstić information content (AvgIpc) is 2.75. The maximum Gasteiger partial charge on any atom is 0.256 e. The SMILES string of the molecule is CCNc1ncc(C(=O)N2CCCC(O)(CNS(C)(=O)=O)CC2)cn1. The lowest BCUT2D eigenvalue weighted by Crippen LogP contribution is -2.43. The average molecular weight is 371 g/mol. The number of aliphatic hydroxyl groups is 1. The Balaban J connectivity index is 1.98. The molecule has 1 aliphatic rings. The number of likely N-dealkylation sites (tertiary alicyclic amines) is 1. The fourth-order valence-corrected chi connectivity index (χ4v) is 3.23. The van der Waals surface area contributed by atoms with Crippen molar-refractivity contribution in [2.24, 2.45) is 0 Å². The van der Waals surface area contributed by atoms with Crippen LogP contribution in [-0.4, -0.2) is 72.3 Å². The number of amides is 1. The molecule has 0 bridgehead atoms. The zero-order valence-electron chi connectivity index (χ0n) is 14.5. The number of rotatable bonds is 6. The summed E-state index contributed by atoms with van der Waals surface area (Å²) >= 11 is 0. The molecule has 0 spiro atoms. The van der Waals surface area contributed by atoms with E-state index in [4.69, 9.17) is 0 Å². The van der Waals surface area contributed by atoms with Crippen LogP contribution >= 0.6 is 0 Å². The highest BCUT2D eigenvalue weighted by Crippen LogP contribution is 2.23. The monoisotopic (exact) mass is 371 g/mol. The third-order valence-electron chi connectivity index (χ3n) is 4.10. The molecule has 1 atom stereocenters. The van der Waals surface area contributed by atoms with E-state index >= 15 is 0 Å². The molecule has 25 heavy (non-hydrogen) atoms.